The molecule has 1 atom stereocenters. The molecule has 1 amide bonds. The number of rotatable bonds is 6. The minimum absolute atomic E-state index is 0.0924. The summed E-state index contributed by atoms with van der Waals surface area (Å²) in [5.74, 6) is 0.0950. The van der Waals surface area contributed by atoms with Crippen LogP contribution in [-0.4, -0.2) is 18.5 Å². The molecule has 1 aromatic rings. The quantitative estimate of drug-likeness (QED) is 0.810. The number of hydrogen-bond donors (Lipinski definition) is 2. The third-order valence-electron chi connectivity index (χ3n) is 3.05. The normalized spacial score (nSPS) is 12.2. The van der Waals surface area contributed by atoms with Gasteiger partial charge in [-0.15, -0.1) is 0 Å². The van der Waals surface area contributed by atoms with E-state index in [0.29, 0.717) is 13.0 Å². The van der Waals surface area contributed by atoms with E-state index in [9.17, 15) is 4.79 Å². The van der Waals surface area contributed by atoms with Crippen molar-refractivity contribution in [1.82, 2.24) is 5.32 Å². The van der Waals surface area contributed by atoms with Crippen molar-refractivity contribution in [3.8, 4) is 0 Å². The molecule has 0 radical (unpaired) electrons. The van der Waals surface area contributed by atoms with Crippen molar-refractivity contribution in [1.29, 1.82) is 0 Å². The van der Waals surface area contributed by atoms with Gasteiger partial charge in [0, 0.05) is 19.0 Å². The van der Waals surface area contributed by atoms with E-state index < -0.39 is 0 Å². The fraction of sp³-hybridized carbons (Fsp3) is 0.533. The highest BCUT2D eigenvalue weighted by Gasteiger charge is 2.04. The van der Waals surface area contributed by atoms with E-state index in [1.165, 1.54) is 16.7 Å². The first-order valence-electron chi connectivity index (χ1n) is 6.57. The van der Waals surface area contributed by atoms with Gasteiger partial charge in [-0.25, -0.2) is 0 Å². The van der Waals surface area contributed by atoms with Crippen LogP contribution >= 0.6 is 0 Å². The van der Waals surface area contributed by atoms with E-state index >= 15 is 0 Å². The predicted molar refractivity (Wildman–Crippen MR) is 75.5 cm³/mol. The highest BCUT2D eigenvalue weighted by molar-refractivity contribution is 5.75. The van der Waals surface area contributed by atoms with Crippen LogP contribution in [0.5, 0.6) is 0 Å². The molecule has 1 unspecified atom stereocenters. The Balaban J connectivity index is 2.33. The minimum atomic E-state index is 0.0924. The Morgan fingerprint density at radius 2 is 2.11 bits per heavy atom. The number of nitrogens with two attached hydrogens (primary N) is 1. The van der Waals surface area contributed by atoms with Crippen molar-refractivity contribution >= 4 is 5.91 Å². The Labute approximate surface area is 110 Å². The molecule has 0 spiro atoms. The zero-order valence-electron chi connectivity index (χ0n) is 11.6. The molecular weight excluding hydrogens is 224 g/mol. The highest BCUT2D eigenvalue weighted by atomic mass is 16.1. The summed E-state index contributed by atoms with van der Waals surface area (Å²) in [5, 5.41) is 2.94. The summed E-state index contributed by atoms with van der Waals surface area (Å²) in [7, 11) is 0. The smallest absolute Gasteiger partial charge is 0.220 e. The molecular formula is C15H24N2O. The van der Waals surface area contributed by atoms with Crippen molar-refractivity contribution in [3.63, 3.8) is 0 Å². The second-order valence-electron chi connectivity index (χ2n) is 5.05. The zero-order chi connectivity index (χ0) is 13.5. The largest absolute Gasteiger partial charge is 0.356 e. The molecule has 0 saturated carbocycles. The molecule has 1 rings (SSSR count). The summed E-state index contributed by atoms with van der Waals surface area (Å²) in [6.07, 6.45) is 2.15. The molecule has 0 aromatic heterocycles. The van der Waals surface area contributed by atoms with Gasteiger partial charge in [0.05, 0.1) is 0 Å². The summed E-state index contributed by atoms with van der Waals surface area (Å²) >= 11 is 0. The molecule has 3 nitrogen and oxygen atoms in total. The maximum atomic E-state index is 11.5. The van der Waals surface area contributed by atoms with Crippen LogP contribution in [-0.2, 0) is 11.2 Å². The van der Waals surface area contributed by atoms with Crippen LogP contribution in [0.1, 0.15) is 36.5 Å². The van der Waals surface area contributed by atoms with E-state index in [4.69, 9.17) is 5.73 Å². The van der Waals surface area contributed by atoms with Crippen LogP contribution in [0, 0.1) is 13.8 Å². The highest BCUT2D eigenvalue weighted by Crippen LogP contribution is 2.10. The van der Waals surface area contributed by atoms with Crippen LogP contribution in [0.4, 0.5) is 0 Å². The average molecular weight is 248 g/mol. The predicted octanol–water partition coefficient (Wildman–Crippen LogP) is 2.09. The molecule has 18 heavy (non-hydrogen) atoms. The lowest BCUT2D eigenvalue weighted by Gasteiger charge is -2.09. The Kier molecular flexibility index (Phi) is 5.86. The third-order valence-corrected chi connectivity index (χ3v) is 3.05. The fourth-order valence-electron chi connectivity index (χ4n) is 1.85. The number of hydrogen-bond acceptors (Lipinski definition) is 2. The van der Waals surface area contributed by atoms with Crippen LogP contribution in [0.25, 0.3) is 0 Å². The van der Waals surface area contributed by atoms with Gasteiger partial charge in [-0.1, -0.05) is 23.8 Å². The monoisotopic (exact) mass is 248 g/mol. The first-order valence-corrected chi connectivity index (χ1v) is 6.57. The Morgan fingerprint density at radius 1 is 1.39 bits per heavy atom. The van der Waals surface area contributed by atoms with Gasteiger partial charge in [-0.05, 0) is 44.7 Å². The molecule has 3 heteroatoms. The minimum Gasteiger partial charge on any atom is -0.356 e. The van der Waals surface area contributed by atoms with Crippen LogP contribution < -0.4 is 11.1 Å². The number of aryl methyl sites for hydroxylation is 2. The lowest BCUT2D eigenvalue weighted by atomic mass is 10.0. The Morgan fingerprint density at radius 3 is 2.78 bits per heavy atom. The van der Waals surface area contributed by atoms with Crippen molar-refractivity contribution in [3.05, 3.63) is 34.9 Å². The number of carbonyl (C=O) groups is 1. The lowest BCUT2D eigenvalue weighted by Crippen LogP contribution is -2.27. The second-order valence-corrected chi connectivity index (χ2v) is 5.05. The van der Waals surface area contributed by atoms with E-state index in [-0.39, 0.29) is 11.9 Å². The van der Waals surface area contributed by atoms with E-state index in [0.717, 1.165) is 12.8 Å². The average Bonchev–Trinajstić information content (AvgIpc) is 2.31. The lowest BCUT2D eigenvalue weighted by molar-refractivity contribution is -0.121. The number of carbonyl (C=O) groups excluding carboxylic acids is 1. The summed E-state index contributed by atoms with van der Waals surface area (Å²) in [6, 6.07) is 6.52. The topological polar surface area (TPSA) is 55.1 Å². The van der Waals surface area contributed by atoms with Crippen LogP contribution in [0.3, 0.4) is 0 Å². The summed E-state index contributed by atoms with van der Waals surface area (Å²) in [6.45, 7) is 6.81. The van der Waals surface area contributed by atoms with E-state index in [2.05, 4.69) is 37.4 Å². The second kappa shape index (κ2) is 7.17. The van der Waals surface area contributed by atoms with Crippen LogP contribution in [0.15, 0.2) is 18.2 Å². The first-order chi connectivity index (χ1) is 8.49. The van der Waals surface area contributed by atoms with Gasteiger partial charge >= 0.3 is 0 Å². The van der Waals surface area contributed by atoms with Gasteiger partial charge in [0.15, 0.2) is 0 Å². The Bertz CT molecular complexity index is 399. The van der Waals surface area contributed by atoms with E-state index in [1.807, 2.05) is 6.92 Å². The molecule has 0 aliphatic heterocycles. The van der Waals surface area contributed by atoms with Crippen molar-refractivity contribution in [2.45, 2.75) is 46.1 Å². The molecule has 0 saturated heterocycles. The van der Waals surface area contributed by atoms with Crippen molar-refractivity contribution < 1.29 is 4.79 Å². The number of amides is 1. The number of nitrogens with one attached hydrogen (secondary N) is 1. The third kappa shape index (κ3) is 5.32. The zero-order valence-corrected chi connectivity index (χ0v) is 11.6. The van der Waals surface area contributed by atoms with Crippen LogP contribution in [0.2, 0.25) is 0 Å². The van der Waals surface area contributed by atoms with Crippen molar-refractivity contribution in [2.75, 3.05) is 6.54 Å². The molecule has 0 aliphatic rings. The molecule has 0 fully saturated rings. The molecule has 0 aliphatic carbocycles. The summed E-state index contributed by atoms with van der Waals surface area (Å²) in [4.78, 5) is 11.5. The van der Waals surface area contributed by atoms with E-state index in [1.54, 1.807) is 0 Å². The molecule has 100 valence electrons. The van der Waals surface area contributed by atoms with Crippen molar-refractivity contribution in [2.24, 2.45) is 5.73 Å². The van der Waals surface area contributed by atoms with Gasteiger partial charge in [0.25, 0.3) is 0 Å². The van der Waals surface area contributed by atoms with Gasteiger partial charge in [0.2, 0.25) is 5.91 Å². The maximum absolute atomic E-state index is 11.5. The fourth-order valence-corrected chi connectivity index (χ4v) is 1.85. The standard InChI is InChI=1S/C15H24N2O/c1-11-4-5-12(2)14(10-11)8-9-17-15(18)7-6-13(3)16/h4-5,10,13H,6-9,16H2,1-3H3,(H,17,18). The molecule has 3 N–H and O–H groups in total. The molecule has 0 bridgehead atoms. The SMILES string of the molecule is Cc1ccc(C)c(CCNC(=O)CCC(C)N)c1. The molecule has 0 heterocycles. The number of benzene rings is 1. The van der Waals surface area contributed by atoms with Gasteiger partial charge in [-0.3, -0.25) is 4.79 Å². The summed E-state index contributed by atoms with van der Waals surface area (Å²) in [5.41, 5.74) is 9.47. The molecule has 1 aromatic carbocycles. The van der Waals surface area contributed by atoms with Gasteiger partial charge in [0.1, 0.15) is 0 Å². The van der Waals surface area contributed by atoms with Gasteiger partial charge < -0.3 is 11.1 Å². The summed E-state index contributed by atoms with van der Waals surface area (Å²) < 4.78 is 0. The Hall–Kier alpha value is -1.35. The first kappa shape index (κ1) is 14.7. The van der Waals surface area contributed by atoms with Gasteiger partial charge in [-0.2, -0.15) is 0 Å². The maximum Gasteiger partial charge on any atom is 0.220 e.